The second kappa shape index (κ2) is 4.71. The molecule has 2 nitrogen and oxygen atoms in total. The molecule has 0 heterocycles. The maximum atomic E-state index is 10.8. The molecule has 2 heteroatoms. The molecule has 2 N–H and O–H groups in total. The van der Waals surface area contributed by atoms with Crippen molar-refractivity contribution in [1.29, 1.82) is 0 Å². The smallest absolute Gasteiger partial charge is 0.0623 e. The Bertz CT molecular complexity index is 422. The molecule has 4 fully saturated rings. The van der Waals surface area contributed by atoms with Crippen LogP contribution in [-0.4, -0.2) is 22.4 Å². The Morgan fingerprint density at radius 2 is 1.67 bits per heavy atom. The van der Waals surface area contributed by atoms with E-state index in [-0.39, 0.29) is 17.6 Å². The van der Waals surface area contributed by atoms with E-state index >= 15 is 0 Å². The predicted octanol–water partition coefficient (Wildman–Crippen LogP) is 3.75. The molecule has 21 heavy (non-hydrogen) atoms. The van der Waals surface area contributed by atoms with Crippen LogP contribution in [0.1, 0.15) is 71.6 Å². The molecule has 4 aliphatic carbocycles. The zero-order valence-electron chi connectivity index (χ0n) is 13.7. The van der Waals surface area contributed by atoms with Gasteiger partial charge in [0, 0.05) is 0 Å². The summed E-state index contributed by atoms with van der Waals surface area (Å²) < 4.78 is 0. The molecular formula is C19H32O2. The van der Waals surface area contributed by atoms with Crippen molar-refractivity contribution in [2.24, 2.45) is 34.5 Å². The average Bonchev–Trinajstić information content (AvgIpc) is 2.82. The highest BCUT2D eigenvalue weighted by Crippen LogP contribution is 2.66. The van der Waals surface area contributed by atoms with Crippen LogP contribution in [0.2, 0.25) is 0 Å². The molecule has 0 aromatic carbocycles. The molecule has 0 aromatic heterocycles. The lowest BCUT2D eigenvalue weighted by Crippen LogP contribution is -2.58. The molecule has 2 unspecified atom stereocenters. The molecule has 8 atom stereocenters. The molecule has 0 aromatic rings. The average molecular weight is 292 g/mol. The van der Waals surface area contributed by atoms with Gasteiger partial charge in [0.15, 0.2) is 0 Å². The Morgan fingerprint density at radius 1 is 0.857 bits per heavy atom. The van der Waals surface area contributed by atoms with Gasteiger partial charge in [-0.05, 0) is 85.9 Å². The van der Waals surface area contributed by atoms with E-state index < -0.39 is 0 Å². The minimum atomic E-state index is -0.287. The van der Waals surface area contributed by atoms with Gasteiger partial charge in [-0.3, -0.25) is 0 Å². The van der Waals surface area contributed by atoms with Crippen LogP contribution in [0.5, 0.6) is 0 Å². The summed E-state index contributed by atoms with van der Waals surface area (Å²) in [6.07, 6.45) is 10.5. The maximum absolute atomic E-state index is 10.8. The number of rotatable bonds is 0. The molecular weight excluding hydrogens is 260 g/mol. The fraction of sp³-hybridized carbons (Fsp3) is 1.00. The minimum Gasteiger partial charge on any atom is -0.393 e. The Hall–Kier alpha value is -0.0800. The minimum absolute atomic E-state index is 0.0755. The summed E-state index contributed by atoms with van der Waals surface area (Å²) in [5, 5.41) is 20.9. The molecule has 4 aliphatic rings. The molecule has 120 valence electrons. The second-order valence-corrected chi connectivity index (χ2v) is 9.24. The van der Waals surface area contributed by atoms with Crippen molar-refractivity contribution in [3.8, 4) is 0 Å². The van der Waals surface area contributed by atoms with Crippen molar-refractivity contribution in [3.63, 3.8) is 0 Å². The van der Waals surface area contributed by atoms with Crippen molar-refractivity contribution in [1.82, 2.24) is 0 Å². The number of fused-ring (bicyclic) bond motifs is 5. The molecule has 0 radical (unpaired) electrons. The zero-order valence-corrected chi connectivity index (χ0v) is 13.7. The Balaban J connectivity index is 1.66. The summed E-state index contributed by atoms with van der Waals surface area (Å²) >= 11 is 0. The van der Waals surface area contributed by atoms with Crippen molar-refractivity contribution >= 4 is 0 Å². The summed E-state index contributed by atoms with van der Waals surface area (Å²) in [5.74, 6) is 3.00. The number of hydrogen-bond donors (Lipinski definition) is 2. The summed E-state index contributed by atoms with van der Waals surface area (Å²) in [5.41, 5.74) is 0.676. The van der Waals surface area contributed by atoms with Crippen LogP contribution in [0.25, 0.3) is 0 Å². The first-order valence-electron chi connectivity index (χ1n) is 9.31. The van der Waals surface area contributed by atoms with Gasteiger partial charge in [0.05, 0.1) is 12.2 Å². The normalized spacial score (nSPS) is 60.0. The first-order valence-corrected chi connectivity index (χ1v) is 9.31. The van der Waals surface area contributed by atoms with Gasteiger partial charge in [0.25, 0.3) is 0 Å². The third-order valence-electron chi connectivity index (χ3n) is 8.52. The van der Waals surface area contributed by atoms with E-state index in [1.165, 1.54) is 44.9 Å². The van der Waals surface area contributed by atoms with Crippen molar-refractivity contribution in [3.05, 3.63) is 0 Å². The van der Waals surface area contributed by atoms with E-state index in [1.54, 1.807) is 0 Å². The highest BCUT2D eigenvalue weighted by molar-refractivity contribution is 5.09. The second-order valence-electron chi connectivity index (χ2n) is 9.24. The maximum Gasteiger partial charge on any atom is 0.0623 e. The number of aliphatic hydroxyl groups is 2. The summed E-state index contributed by atoms with van der Waals surface area (Å²) in [6.45, 7) is 4.90. The largest absolute Gasteiger partial charge is 0.393 e. The van der Waals surface area contributed by atoms with Crippen LogP contribution in [0, 0.1) is 34.5 Å². The Labute approximate surface area is 129 Å². The Kier molecular flexibility index (Phi) is 3.25. The quantitative estimate of drug-likeness (QED) is 0.714. The van der Waals surface area contributed by atoms with Crippen LogP contribution in [0.4, 0.5) is 0 Å². The van der Waals surface area contributed by atoms with Gasteiger partial charge in [0.2, 0.25) is 0 Å². The highest BCUT2D eigenvalue weighted by atomic mass is 16.3. The van der Waals surface area contributed by atoms with E-state index in [1.807, 2.05) is 0 Å². The van der Waals surface area contributed by atoms with Gasteiger partial charge < -0.3 is 10.2 Å². The number of aliphatic hydroxyl groups excluding tert-OH is 2. The van der Waals surface area contributed by atoms with Crippen LogP contribution in [0.15, 0.2) is 0 Å². The lowest BCUT2D eigenvalue weighted by Gasteiger charge is -2.61. The first-order chi connectivity index (χ1) is 9.95. The monoisotopic (exact) mass is 292 g/mol. The molecule has 0 spiro atoms. The van der Waals surface area contributed by atoms with Gasteiger partial charge in [-0.25, -0.2) is 0 Å². The standard InChI is InChI=1S/C19H32O2/c1-18-8-3-4-15(18)14-6-5-12-10-13(20)11-17(21)19(12,2)16(14)7-9-18/h12-17,20-21H,3-11H2,1-2H3/t12?,13-,14-,15-,16-,17?,18-,19-/m0/s1. The third-order valence-corrected chi connectivity index (χ3v) is 8.52. The van der Waals surface area contributed by atoms with E-state index in [0.717, 1.165) is 18.3 Å². The topological polar surface area (TPSA) is 40.5 Å². The highest BCUT2D eigenvalue weighted by Gasteiger charge is 2.60. The van der Waals surface area contributed by atoms with Gasteiger partial charge >= 0.3 is 0 Å². The van der Waals surface area contributed by atoms with Crippen LogP contribution in [-0.2, 0) is 0 Å². The lowest BCUT2D eigenvalue weighted by molar-refractivity contribution is -0.178. The molecule has 0 saturated heterocycles. The van der Waals surface area contributed by atoms with Gasteiger partial charge in [-0.1, -0.05) is 20.3 Å². The number of hydrogen-bond acceptors (Lipinski definition) is 2. The van der Waals surface area contributed by atoms with Crippen LogP contribution in [0.3, 0.4) is 0 Å². The fourth-order valence-corrected chi connectivity index (χ4v) is 7.29. The van der Waals surface area contributed by atoms with E-state index in [0.29, 0.717) is 23.7 Å². The molecule has 0 aliphatic heterocycles. The molecule has 4 saturated carbocycles. The summed E-state index contributed by atoms with van der Waals surface area (Å²) in [7, 11) is 0. The fourth-order valence-electron chi connectivity index (χ4n) is 7.29. The predicted molar refractivity (Wildman–Crippen MR) is 83.7 cm³/mol. The van der Waals surface area contributed by atoms with Gasteiger partial charge in [-0.2, -0.15) is 0 Å². The van der Waals surface area contributed by atoms with E-state index in [4.69, 9.17) is 0 Å². The van der Waals surface area contributed by atoms with Crippen molar-refractivity contribution in [2.45, 2.75) is 83.8 Å². The SMILES string of the molecule is C[C@@]12CCC[C@H]1[C@@H]1CCC3C[C@H](O)CC(O)[C@]3(C)[C@H]1CC2. The molecule has 0 bridgehead atoms. The van der Waals surface area contributed by atoms with Gasteiger partial charge in [0.1, 0.15) is 0 Å². The molecule has 4 rings (SSSR count). The van der Waals surface area contributed by atoms with Crippen molar-refractivity contribution < 1.29 is 10.2 Å². The summed E-state index contributed by atoms with van der Waals surface area (Å²) in [6, 6.07) is 0. The van der Waals surface area contributed by atoms with E-state index in [2.05, 4.69) is 13.8 Å². The first kappa shape index (κ1) is 14.5. The lowest BCUT2D eigenvalue weighted by atomic mass is 9.44. The van der Waals surface area contributed by atoms with Crippen LogP contribution >= 0.6 is 0 Å². The zero-order chi connectivity index (χ0) is 14.8. The molecule has 0 amide bonds. The third kappa shape index (κ3) is 1.91. The van der Waals surface area contributed by atoms with Gasteiger partial charge in [-0.15, -0.1) is 0 Å². The van der Waals surface area contributed by atoms with Crippen LogP contribution < -0.4 is 0 Å². The van der Waals surface area contributed by atoms with Crippen molar-refractivity contribution in [2.75, 3.05) is 0 Å². The summed E-state index contributed by atoms with van der Waals surface area (Å²) in [4.78, 5) is 0. The van der Waals surface area contributed by atoms with E-state index in [9.17, 15) is 10.2 Å². The Morgan fingerprint density at radius 3 is 2.48 bits per heavy atom.